The fourth-order valence-corrected chi connectivity index (χ4v) is 1.95. The van der Waals surface area contributed by atoms with Crippen molar-refractivity contribution in [1.82, 2.24) is 0 Å². The first-order valence-corrected chi connectivity index (χ1v) is 6.14. The van der Waals surface area contributed by atoms with Crippen molar-refractivity contribution in [2.24, 2.45) is 5.73 Å². The Balaban J connectivity index is 2.69. The Bertz CT molecular complexity index is 342. The summed E-state index contributed by atoms with van der Waals surface area (Å²) in [6.07, 6.45) is 0.986. The molecule has 1 aromatic rings. The van der Waals surface area contributed by atoms with E-state index in [1.54, 1.807) is 7.11 Å². The number of halogens is 1. The van der Waals surface area contributed by atoms with Crippen LogP contribution in [-0.4, -0.2) is 26.7 Å². The maximum atomic E-state index is 5.74. The van der Waals surface area contributed by atoms with Gasteiger partial charge in [0.05, 0.1) is 11.6 Å². The normalized spacial score (nSPS) is 12.3. The number of rotatable bonds is 5. The highest BCUT2D eigenvalue weighted by Crippen LogP contribution is 2.29. The van der Waals surface area contributed by atoms with Crippen LogP contribution in [0.1, 0.15) is 13.3 Å². The molecule has 3 nitrogen and oxygen atoms in total. The van der Waals surface area contributed by atoms with Gasteiger partial charge in [-0.25, -0.2) is 0 Å². The Morgan fingerprint density at radius 1 is 1.50 bits per heavy atom. The fraction of sp³-hybridized carbons (Fsp3) is 0.500. The summed E-state index contributed by atoms with van der Waals surface area (Å²) in [6, 6.07) is 6.30. The highest BCUT2D eigenvalue weighted by molar-refractivity contribution is 9.10. The zero-order valence-electron chi connectivity index (χ0n) is 10.0. The fourth-order valence-electron chi connectivity index (χ4n) is 1.42. The van der Waals surface area contributed by atoms with Crippen LogP contribution in [0.25, 0.3) is 0 Å². The molecule has 0 aliphatic heterocycles. The van der Waals surface area contributed by atoms with Gasteiger partial charge >= 0.3 is 0 Å². The average molecular weight is 287 g/mol. The molecule has 1 aromatic carbocycles. The first kappa shape index (κ1) is 13.3. The predicted molar refractivity (Wildman–Crippen MR) is 72.2 cm³/mol. The van der Waals surface area contributed by atoms with E-state index in [1.165, 1.54) is 0 Å². The summed E-state index contributed by atoms with van der Waals surface area (Å²) in [5, 5.41) is 0. The topological polar surface area (TPSA) is 38.5 Å². The average Bonchev–Trinajstić information content (AvgIpc) is 2.25. The Morgan fingerprint density at radius 2 is 2.19 bits per heavy atom. The van der Waals surface area contributed by atoms with Gasteiger partial charge in [0.1, 0.15) is 5.75 Å². The highest BCUT2D eigenvalue weighted by atomic mass is 79.9. The van der Waals surface area contributed by atoms with Crippen LogP contribution in [-0.2, 0) is 0 Å². The molecule has 4 heteroatoms. The number of anilines is 1. The lowest BCUT2D eigenvalue weighted by atomic mass is 10.2. The molecule has 0 saturated carbocycles. The van der Waals surface area contributed by atoms with Gasteiger partial charge in [-0.3, -0.25) is 0 Å². The summed E-state index contributed by atoms with van der Waals surface area (Å²) < 4.78 is 6.16. The summed E-state index contributed by atoms with van der Waals surface area (Å²) >= 11 is 3.48. The van der Waals surface area contributed by atoms with Crippen molar-refractivity contribution in [1.29, 1.82) is 0 Å². The minimum atomic E-state index is 0.240. The Morgan fingerprint density at radius 3 is 2.69 bits per heavy atom. The number of nitrogens with zero attached hydrogens (tertiary/aromatic N) is 1. The minimum absolute atomic E-state index is 0.240. The van der Waals surface area contributed by atoms with Crippen LogP contribution in [0.5, 0.6) is 5.75 Å². The predicted octanol–water partition coefficient (Wildman–Crippen LogP) is 2.63. The van der Waals surface area contributed by atoms with E-state index >= 15 is 0 Å². The van der Waals surface area contributed by atoms with Crippen molar-refractivity contribution in [2.75, 3.05) is 25.6 Å². The molecule has 1 atom stereocenters. The molecule has 0 bridgehead atoms. The SMILES string of the molecule is COc1ccc(N(C)CCC(C)N)cc1Br. The van der Waals surface area contributed by atoms with Gasteiger partial charge in [-0.2, -0.15) is 0 Å². The Labute approximate surface area is 106 Å². The standard InChI is InChI=1S/C12H19BrN2O/c1-9(14)6-7-15(2)10-4-5-12(16-3)11(13)8-10/h4-5,8-9H,6-7,14H2,1-3H3. The molecule has 16 heavy (non-hydrogen) atoms. The van der Waals surface area contributed by atoms with E-state index in [1.807, 2.05) is 19.1 Å². The van der Waals surface area contributed by atoms with Crippen molar-refractivity contribution in [3.63, 3.8) is 0 Å². The summed E-state index contributed by atoms with van der Waals surface area (Å²) in [6.45, 7) is 2.98. The van der Waals surface area contributed by atoms with E-state index in [-0.39, 0.29) is 6.04 Å². The van der Waals surface area contributed by atoms with Gasteiger partial charge in [-0.05, 0) is 47.5 Å². The first-order chi connectivity index (χ1) is 7.54. The summed E-state index contributed by atoms with van der Waals surface area (Å²) in [5.41, 5.74) is 6.90. The number of ether oxygens (including phenoxy) is 1. The second-order valence-corrected chi connectivity index (χ2v) is 4.86. The third-order valence-electron chi connectivity index (χ3n) is 2.50. The lowest BCUT2D eigenvalue weighted by Gasteiger charge is -2.21. The largest absolute Gasteiger partial charge is 0.496 e. The number of hydrogen-bond donors (Lipinski definition) is 1. The number of nitrogens with two attached hydrogens (primary N) is 1. The van der Waals surface area contributed by atoms with E-state index in [2.05, 4.69) is 33.9 Å². The molecule has 2 N–H and O–H groups in total. The molecule has 1 unspecified atom stereocenters. The van der Waals surface area contributed by atoms with Gasteiger partial charge in [0.15, 0.2) is 0 Å². The van der Waals surface area contributed by atoms with Crippen molar-refractivity contribution in [3.05, 3.63) is 22.7 Å². The van der Waals surface area contributed by atoms with Crippen LogP contribution in [0.3, 0.4) is 0 Å². The molecule has 1 rings (SSSR count). The Hall–Kier alpha value is -0.740. The summed E-state index contributed by atoms with van der Waals surface area (Å²) in [5.74, 6) is 0.851. The van der Waals surface area contributed by atoms with Crippen molar-refractivity contribution >= 4 is 21.6 Å². The van der Waals surface area contributed by atoms with Gasteiger partial charge in [-0.15, -0.1) is 0 Å². The number of benzene rings is 1. The van der Waals surface area contributed by atoms with Crippen LogP contribution >= 0.6 is 15.9 Å². The van der Waals surface area contributed by atoms with E-state index in [4.69, 9.17) is 10.5 Å². The zero-order valence-corrected chi connectivity index (χ0v) is 11.6. The first-order valence-electron chi connectivity index (χ1n) is 5.35. The molecule has 0 aromatic heterocycles. The van der Waals surface area contributed by atoms with Gasteiger partial charge in [0.25, 0.3) is 0 Å². The minimum Gasteiger partial charge on any atom is -0.496 e. The van der Waals surface area contributed by atoms with Crippen molar-refractivity contribution in [3.8, 4) is 5.75 Å². The van der Waals surface area contributed by atoms with E-state index in [9.17, 15) is 0 Å². The van der Waals surface area contributed by atoms with Crippen LogP contribution in [0.15, 0.2) is 22.7 Å². The quantitative estimate of drug-likeness (QED) is 0.904. The molecule has 0 spiro atoms. The smallest absolute Gasteiger partial charge is 0.133 e. The molecule has 0 aliphatic carbocycles. The number of methoxy groups -OCH3 is 1. The third-order valence-corrected chi connectivity index (χ3v) is 3.12. The third kappa shape index (κ3) is 3.68. The van der Waals surface area contributed by atoms with Gasteiger partial charge in [0, 0.05) is 25.3 Å². The Kier molecular flexibility index (Phi) is 5.09. The van der Waals surface area contributed by atoms with E-state index in [0.29, 0.717) is 0 Å². The van der Waals surface area contributed by atoms with Crippen LogP contribution in [0.4, 0.5) is 5.69 Å². The maximum absolute atomic E-state index is 5.74. The van der Waals surface area contributed by atoms with Crippen molar-refractivity contribution in [2.45, 2.75) is 19.4 Å². The highest BCUT2D eigenvalue weighted by Gasteiger charge is 2.06. The zero-order chi connectivity index (χ0) is 12.1. The molecule has 90 valence electrons. The molecule has 0 fully saturated rings. The lowest BCUT2D eigenvalue weighted by Crippen LogP contribution is -2.25. The molecule has 0 aliphatic rings. The number of hydrogen-bond acceptors (Lipinski definition) is 3. The second kappa shape index (κ2) is 6.11. The molecular weight excluding hydrogens is 268 g/mol. The molecule has 0 amide bonds. The van der Waals surface area contributed by atoms with Crippen molar-refractivity contribution < 1.29 is 4.74 Å². The maximum Gasteiger partial charge on any atom is 0.133 e. The monoisotopic (exact) mass is 286 g/mol. The molecule has 0 saturated heterocycles. The van der Waals surface area contributed by atoms with Gasteiger partial charge < -0.3 is 15.4 Å². The second-order valence-electron chi connectivity index (χ2n) is 4.01. The molecular formula is C12H19BrN2O. The van der Waals surface area contributed by atoms with E-state index in [0.717, 1.165) is 28.9 Å². The van der Waals surface area contributed by atoms with Crippen LogP contribution in [0, 0.1) is 0 Å². The molecule has 0 radical (unpaired) electrons. The summed E-state index contributed by atoms with van der Waals surface area (Å²) in [7, 11) is 3.73. The van der Waals surface area contributed by atoms with Crippen LogP contribution < -0.4 is 15.4 Å². The molecule has 0 heterocycles. The van der Waals surface area contributed by atoms with E-state index < -0.39 is 0 Å². The summed E-state index contributed by atoms with van der Waals surface area (Å²) in [4.78, 5) is 2.19. The van der Waals surface area contributed by atoms with Gasteiger partial charge in [0.2, 0.25) is 0 Å². The lowest BCUT2D eigenvalue weighted by molar-refractivity contribution is 0.412. The van der Waals surface area contributed by atoms with Gasteiger partial charge in [-0.1, -0.05) is 0 Å². The van der Waals surface area contributed by atoms with Crippen LogP contribution in [0.2, 0.25) is 0 Å².